The maximum absolute atomic E-state index is 10.5. The zero-order valence-electron chi connectivity index (χ0n) is 6.83. The first-order chi connectivity index (χ1) is 5.98. The Morgan fingerprint density at radius 1 is 1.23 bits per heavy atom. The molecule has 0 aromatic carbocycles. The first-order valence-electron chi connectivity index (χ1n) is 3.29. The first kappa shape index (κ1) is 12.8. The van der Waals surface area contributed by atoms with Gasteiger partial charge in [-0.05, 0) is 6.92 Å². The van der Waals surface area contributed by atoms with E-state index in [1.807, 2.05) is 0 Å². The van der Waals surface area contributed by atoms with Gasteiger partial charge in [0, 0.05) is 6.61 Å². The van der Waals surface area contributed by atoms with Crippen molar-refractivity contribution in [1.29, 1.82) is 0 Å². The van der Waals surface area contributed by atoms with Crippen LogP contribution in [0.4, 0.5) is 0 Å². The summed E-state index contributed by atoms with van der Waals surface area (Å²) in [4.78, 5) is 0. The highest BCUT2D eigenvalue weighted by Gasteiger charge is 2.12. The van der Waals surface area contributed by atoms with E-state index >= 15 is 0 Å². The fourth-order valence-corrected chi connectivity index (χ4v) is 1.48. The number of thiol groups is 1. The Bertz CT molecular complexity index is 282. The molecule has 0 aromatic heterocycles. The molecular formula is C4H10O7S2. The minimum atomic E-state index is -4.44. The molecule has 0 saturated heterocycles. The van der Waals surface area contributed by atoms with Gasteiger partial charge in [0.2, 0.25) is 0 Å². The van der Waals surface area contributed by atoms with E-state index in [4.69, 9.17) is 4.74 Å². The van der Waals surface area contributed by atoms with E-state index in [0.717, 1.165) is 0 Å². The Kier molecular flexibility index (Phi) is 6.16. The Hall–Kier alpha value is -0.220. The van der Waals surface area contributed by atoms with E-state index < -0.39 is 21.4 Å². The average molecular weight is 234 g/mol. The molecule has 0 aromatic rings. The van der Waals surface area contributed by atoms with Gasteiger partial charge in [-0.3, -0.25) is 0 Å². The molecule has 7 nitrogen and oxygen atoms in total. The highest BCUT2D eigenvalue weighted by atomic mass is 32.3. The van der Waals surface area contributed by atoms with E-state index in [1.165, 1.54) is 0 Å². The zero-order valence-corrected chi connectivity index (χ0v) is 8.55. The van der Waals surface area contributed by atoms with Crippen LogP contribution in [-0.4, -0.2) is 36.7 Å². The summed E-state index contributed by atoms with van der Waals surface area (Å²) < 4.78 is 53.0. The van der Waals surface area contributed by atoms with Gasteiger partial charge in [-0.25, -0.2) is 12.6 Å². The highest BCUT2D eigenvalue weighted by Crippen LogP contribution is 1.95. The number of hydrogen-bond donors (Lipinski definition) is 1. The second kappa shape index (κ2) is 6.27. The maximum atomic E-state index is 10.5. The lowest BCUT2D eigenvalue weighted by Gasteiger charge is -2.01. The fourth-order valence-electron chi connectivity index (χ4n) is 0.435. The molecule has 0 amide bonds. The average Bonchev–Trinajstić information content (AvgIpc) is 1.95. The van der Waals surface area contributed by atoms with Gasteiger partial charge in [0.15, 0.2) is 0 Å². The van der Waals surface area contributed by atoms with Gasteiger partial charge >= 0.3 is 10.4 Å². The molecule has 0 rings (SSSR count). The van der Waals surface area contributed by atoms with Gasteiger partial charge in [-0.1, -0.05) is 0 Å². The van der Waals surface area contributed by atoms with Gasteiger partial charge in [-0.2, -0.15) is 8.42 Å². The summed E-state index contributed by atoms with van der Waals surface area (Å²) in [7, 11) is -7.90. The molecule has 0 N–H and O–H groups in total. The van der Waals surface area contributed by atoms with Crippen LogP contribution in [0, 0.1) is 0 Å². The predicted molar refractivity (Wildman–Crippen MR) is 42.8 cm³/mol. The molecule has 0 fully saturated rings. The molecule has 80 valence electrons. The molecule has 0 spiro atoms. The van der Waals surface area contributed by atoms with Gasteiger partial charge in [0.05, 0.1) is 13.2 Å². The van der Waals surface area contributed by atoms with Crippen molar-refractivity contribution in [3.05, 3.63) is 0 Å². The van der Waals surface area contributed by atoms with E-state index in [-0.39, 0.29) is 13.2 Å². The molecule has 0 atom stereocenters. The van der Waals surface area contributed by atoms with E-state index in [9.17, 15) is 16.8 Å². The van der Waals surface area contributed by atoms with E-state index in [0.29, 0.717) is 6.61 Å². The first-order valence-corrected chi connectivity index (χ1v) is 5.72. The van der Waals surface area contributed by atoms with Crippen LogP contribution in [0.2, 0.25) is 0 Å². The molecular weight excluding hydrogens is 224 g/mol. The largest absolute Gasteiger partial charge is 0.414 e. The number of rotatable bonds is 7. The summed E-state index contributed by atoms with van der Waals surface area (Å²) in [5, 5.41) is 0. The molecule has 0 unspecified atom stereocenters. The zero-order chi connectivity index (χ0) is 10.3. The van der Waals surface area contributed by atoms with Crippen LogP contribution < -0.4 is 0 Å². The van der Waals surface area contributed by atoms with Crippen molar-refractivity contribution in [2.75, 3.05) is 19.8 Å². The highest BCUT2D eigenvalue weighted by molar-refractivity contribution is 7.89. The van der Waals surface area contributed by atoms with Crippen LogP contribution in [0.5, 0.6) is 0 Å². The lowest BCUT2D eigenvalue weighted by atomic mass is 10.8. The summed E-state index contributed by atoms with van der Waals surface area (Å²) in [6.07, 6.45) is 0. The third kappa shape index (κ3) is 8.12. The minimum Gasteiger partial charge on any atom is -0.379 e. The lowest BCUT2D eigenvalue weighted by molar-refractivity contribution is 0.108. The maximum Gasteiger partial charge on any atom is 0.414 e. The van der Waals surface area contributed by atoms with Crippen LogP contribution in [0.15, 0.2) is 0 Å². The third-order valence-corrected chi connectivity index (χ3v) is 2.48. The Labute approximate surface area is 78.1 Å². The molecule has 0 saturated carbocycles. The van der Waals surface area contributed by atoms with Gasteiger partial charge < -0.3 is 4.74 Å². The molecule has 0 bridgehead atoms. The van der Waals surface area contributed by atoms with Crippen molar-refractivity contribution in [2.45, 2.75) is 6.92 Å². The van der Waals surface area contributed by atoms with Crippen molar-refractivity contribution in [2.24, 2.45) is 0 Å². The predicted octanol–water partition coefficient (Wildman–Crippen LogP) is -1.17. The van der Waals surface area contributed by atoms with Crippen LogP contribution in [-0.2, 0) is 33.9 Å². The van der Waals surface area contributed by atoms with Crippen LogP contribution >= 0.6 is 0 Å². The molecule has 0 aliphatic rings. The van der Waals surface area contributed by atoms with Gasteiger partial charge in [0.25, 0.3) is 11.0 Å². The van der Waals surface area contributed by atoms with Crippen molar-refractivity contribution >= 4 is 21.4 Å². The third-order valence-electron chi connectivity index (χ3n) is 0.812. The second-order valence-electron chi connectivity index (χ2n) is 1.73. The van der Waals surface area contributed by atoms with Crippen LogP contribution in [0.1, 0.15) is 6.92 Å². The minimum absolute atomic E-state index is 0.0503. The van der Waals surface area contributed by atoms with Crippen LogP contribution in [0.25, 0.3) is 0 Å². The Morgan fingerprint density at radius 2 is 1.85 bits per heavy atom. The quantitative estimate of drug-likeness (QED) is 0.438. The Balaban J connectivity index is 3.77. The molecule has 9 heteroatoms. The summed E-state index contributed by atoms with van der Waals surface area (Å²) in [5.41, 5.74) is 0. The summed E-state index contributed by atoms with van der Waals surface area (Å²) in [6.45, 7) is 1.91. The molecule has 0 aliphatic heterocycles. The van der Waals surface area contributed by atoms with Gasteiger partial charge in [-0.15, -0.1) is 3.63 Å². The fraction of sp³-hybridized carbons (Fsp3) is 1.00. The number of ether oxygens (including phenoxy) is 1. The SMILES string of the molecule is CCOCCOS(=O)(=O)O[SH](=O)=O. The van der Waals surface area contributed by atoms with Crippen molar-refractivity contribution in [3.8, 4) is 0 Å². The van der Waals surface area contributed by atoms with Gasteiger partial charge in [0.1, 0.15) is 0 Å². The van der Waals surface area contributed by atoms with Crippen molar-refractivity contribution in [1.82, 2.24) is 0 Å². The van der Waals surface area contributed by atoms with Crippen molar-refractivity contribution in [3.63, 3.8) is 0 Å². The van der Waals surface area contributed by atoms with Crippen molar-refractivity contribution < 1.29 is 29.4 Å². The molecule has 0 aliphatic carbocycles. The summed E-state index contributed by atoms with van der Waals surface area (Å²) in [6, 6.07) is 0. The molecule has 0 heterocycles. The standard InChI is InChI=1S/C4H10O7S2/c1-2-9-3-4-10-13(7,8)11-12(5)6/h12H,2-4H2,1H3. The molecule has 13 heavy (non-hydrogen) atoms. The smallest absolute Gasteiger partial charge is 0.379 e. The van der Waals surface area contributed by atoms with E-state index in [2.05, 4.69) is 7.81 Å². The Morgan fingerprint density at radius 3 is 2.31 bits per heavy atom. The molecule has 0 radical (unpaired) electrons. The van der Waals surface area contributed by atoms with Crippen LogP contribution in [0.3, 0.4) is 0 Å². The summed E-state index contributed by atoms with van der Waals surface area (Å²) in [5.74, 6) is 0. The second-order valence-corrected chi connectivity index (χ2v) is 3.82. The topological polar surface area (TPSA) is 96.0 Å². The number of hydrogen-bond acceptors (Lipinski definition) is 7. The van der Waals surface area contributed by atoms with E-state index in [1.54, 1.807) is 6.92 Å². The summed E-state index contributed by atoms with van der Waals surface area (Å²) >= 11 is 0. The normalized spacial score (nSPS) is 12.2. The monoisotopic (exact) mass is 234 g/mol. The lowest BCUT2D eigenvalue weighted by Crippen LogP contribution is -2.13.